The summed E-state index contributed by atoms with van der Waals surface area (Å²) in [6.07, 6.45) is 5.22. The Morgan fingerprint density at radius 2 is 1.90 bits per heavy atom. The Labute approximate surface area is 179 Å². The smallest absolute Gasteiger partial charge is 0.243 e. The zero-order valence-corrected chi connectivity index (χ0v) is 17.5. The van der Waals surface area contributed by atoms with Gasteiger partial charge in [0.15, 0.2) is 5.82 Å². The number of rotatable bonds is 7. The van der Waals surface area contributed by atoms with Gasteiger partial charge in [-0.3, -0.25) is 4.79 Å². The molecule has 0 bridgehead atoms. The number of hydrogen-bond donors (Lipinski definition) is 1. The van der Waals surface area contributed by atoms with Gasteiger partial charge >= 0.3 is 0 Å². The van der Waals surface area contributed by atoms with Gasteiger partial charge in [0, 0.05) is 25.7 Å². The maximum Gasteiger partial charge on any atom is 0.243 e. The number of amides is 1. The number of benzene rings is 1. The van der Waals surface area contributed by atoms with Gasteiger partial charge in [-0.25, -0.2) is 23.1 Å². The zero-order chi connectivity index (χ0) is 21.7. The highest BCUT2D eigenvalue weighted by Gasteiger charge is 2.26. The van der Waals surface area contributed by atoms with Gasteiger partial charge in [-0.15, -0.1) is 0 Å². The molecule has 31 heavy (non-hydrogen) atoms. The Kier molecular flexibility index (Phi) is 6.35. The third-order valence-electron chi connectivity index (χ3n) is 4.87. The largest absolute Gasteiger partial charge is 0.379 e. The first kappa shape index (κ1) is 21.1. The van der Waals surface area contributed by atoms with Gasteiger partial charge in [-0.2, -0.15) is 9.40 Å². The van der Waals surface area contributed by atoms with Crippen LogP contribution >= 0.6 is 0 Å². The normalized spacial score (nSPS) is 15.0. The number of hydrogen-bond acceptors (Lipinski definition) is 7. The summed E-state index contributed by atoms with van der Waals surface area (Å²) >= 11 is 0. The van der Waals surface area contributed by atoms with Crippen LogP contribution < -0.4 is 5.32 Å². The maximum absolute atomic E-state index is 12.7. The maximum atomic E-state index is 12.7. The van der Waals surface area contributed by atoms with Crippen molar-refractivity contribution in [2.24, 2.45) is 0 Å². The van der Waals surface area contributed by atoms with Gasteiger partial charge in [-0.1, -0.05) is 12.1 Å². The summed E-state index contributed by atoms with van der Waals surface area (Å²) in [5, 5.41) is 6.89. The van der Waals surface area contributed by atoms with Crippen LogP contribution in [0.15, 0.2) is 60.1 Å². The molecule has 1 aliphatic rings. The van der Waals surface area contributed by atoms with Crippen LogP contribution in [-0.2, 0) is 26.0 Å². The number of morpholine rings is 1. The first-order valence-electron chi connectivity index (χ1n) is 9.81. The summed E-state index contributed by atoms with van der Waals surface area (Å²) in [7, 11) is -3.52. The predicted octanol–water partition coefficient (Wildman–Crippen LogP) is 1.25. The summed E-state index contributed by atoms with van der Waals surface area (Å²) in [4.78, 5) is 20.8. The molecule has 1 fully saturated rings. The molecule has 2 aromatic heterocycles. The molecule has 11 heteroatoms. The van der Waals surface area contributed by atoms with Gasteiger partial charge in [-0.05, 0) is 36.2 Å². The second-order valence-electron chi connectivity index (χ2n) is 6.92. The van der Waals surface area contributed by atoms with Gasteiger partial charge in [0.1, 0.15) is 12.7 Å². The Hall–Kier alpha value is -3.15. The molecule has 0 atom stereocenters. The van der Waals surface area contributed by atoms with Crippen molar-refractivity contribution >= 4 is 21.6 Å². The first-order chi connectivity index (χ1) is 15.0. The second-order valence-corrected chi connectivity index (χ2v) is 8.86. The zero-order valence-electron chi connectivity index (χ0n) is 16.7. The van der Waals surface area contributed by atoms with Crippen molar-refractivity contribution in [2.45, 2.75) is 17.7 Å². The van der Waals surface area contributed by atoms with Gasteiger partial charge in [0.25, 0.3) is 0 Å². The minimum absolute atomic E-state index is 0.181. The van der Waals surface area contributed by atoms with Crippen LogP contribution in [0.25, 0.3) is 5.82 Å². The third kappa shape index (κ3) is 4.95. The number of carbonyl (C=O) groups excluding carboxylic acids is 1. The lowest BCUT2D eigenvalue weighted by Gasteiger charge is -2.26. The van der Waals surface area contributed by atoms with E-state index in [1.54, 1.807) is 42.6 Å². The fourth-order valence-electron chi connectivity index (χ4n) is 3.23. The van der Waals surface area contributed by atoms with Crippen molar-refractivity contribution in [1.29, 1.82) is 0 Å². The molecule has 1 saturated heterocycles. The number of ether oxygens (including phenoxy) is 1. The van der Waals surface area contributed by atoms with Gasteiger partial charge in [0.2, 0.25) is 15.9 Å². The molecule has 0 unspecified atom stereocenters. The number of sulfonamides is 1. The van der Waals surface area contributed by atoms with Crippen molar-refractivity contribution in [1.82, 2.24) is 24.1 Å². The molecule has 0 spiro atoms. The van der Waals surface area contributed by atoms with Crippen LogP contribution in [0.5, 0.6) is 0 Å². The van der Waals surface area contributed by atoms with E-state index >= 15 is 0 Å². The van der Waals surface area contributed by atoms with Crippen LogP contribution in [0.1, 0.15) is 12.0 Å². The SMILES string of the molecule is O=C(CCc1ccc(S(=O)(=O)N2CCOCC2)cc1)Nc1cccnc1-n1cncn1. The Bertz CT molecular complexity index is 1130. The average Bonchev–Trinajstić information content (AvgIpc) is 3.34. The third-order valence-corrected chi connectivity index (χ3v) is 6.78. The van der Waals surface area contributed by atoms with Crippen molar-refractivity contribution in [3.05, 3.63) is 60.8 Å². The van der Waals surface area contributed by atoms with Crippen LogP contribution in [0.4, 0.5) is 5.69 Å². The van der Waals surface area contributed by atoms with E-state index in [0.29, 0.717) is 44.2 Å². The van der Waals surface area contributed by atoms with E-state index in [4.69, 9.17) is 4.74 Å². The lowest BCUT2D eigenvalue weighted by Crippen LogP contribution is -2.40. The summed E-state index contributed by atoms with van der Waals surface area (Å²) in [6.45, 7) is 1.52. The molecule has 1 N–H and O–H groups in total. The molecule has 1 aromatic carbocycles. The predicted molar refractivity (Wildman–Crippen MR) is 112 cm³/mol. The van der Waals surface area contributed by atoms with E-state index in [9.17, 15) is 13.2 Å². The average molecular weight is 443 g/mol. The summed E-state index contributed by atoms with van der Waals surface area (Å²) in [6, 6.07) is 10.1. The Morgan fingerprint density at radius 3 is 2.61 bits per heavy atom. The molecule has 3 aromatic rings. The molecule has 10 nitrogen and oxygen atoms in total. The molecule has 4 rings (SSSR count). The Morgan fingerprint density at radius 1 is 1.13 bits per heavy atom. The number of nitrogens with one attached hydrogen (secondary N) is 1. The van der Waals surface area contributed by atoms with Crippen LogP contribution in [0.2, 0.25) is 0 Å². The number of nitrogens with zero attached hydrogens (tertiary/aromatic N) is 5. The van der Waals surface area contributed by atoms with Crippen molar-refractivity contribution < 1.29 is 17.9 Å². The quantitative estimate of drug-likeness (QED) is 0.585. The fraction of sp³-hybridized carbons (Fsp3) is 0.300. The van der Waals surface area contributed by atoms with E-state index in [2.05, 4.69) is 20.4 Å². The number of anilines is 1. The highest BCUT2D eigenvalue weighted by atomic mass is 32.2. The number of carbonyl (C=O) groups is 1. The molecule has 0 aliphatic carbocycles. The molecule has 3 heterocycles. The summed E-state index contributed by atoms with van der Waals surface area (Å²) in [5.74, 6) is 0.297. The molecule has 0 saturated carbocycles. The topological polar surface area (TPSA) is 119 Å². The van der Waals surface area contributed by atoms with Gasteiger partial charge in [0.05, 0.1) is 23.8 Å². The molecule has 162 valence electrons. The summed E-state index contributed by atoms with van der Waals surface area (Å²) < 4.78 is 33.5. The van der Waals surface area contributed by atoms with Crippen LogP contribution in [-0.4, -0.2) is 64.7 Å². The highest BCUT2D eigenvalue weighted by molar-refractivity contribution is 7.89. The minimum Gasteiger partial charge on any atom is -0.379 e. The minimum atomic E-state index is -3.52. The van der Waals surface area contributed by atoms with E-state index < -0.39 is 10.0 Å². The summed E-state index contributed by atoms with van der Waals surface area (Å²) in [5.41, 5.74) is 1.41. The molecular formula is C20H22N6O4S. The van der Waals surface area contributed by atoms with E-state index in [0.717, 1.165) is 5.56 Å². The number of aromatic nitrogens is 4. The van der Waals surface area contributed by atoms with Gasteiger partial charge < -0.3 is 10.1 Å². The number of pyridine rings is 1. The standard InChI is InChI=1S/C20H22N6O4S/c27-19(24-18-2-1-9-22-20(18)26-15-21-14-23-26)8-5-16-3-6-17(7-4-16)31(28,29)25-10-12-30-13-11-25/h1-4,6-7,9,14-15H,5,8,10-13H2,(H,24,27). The molecule has 1 aliphatic heterocycles. The van der Waals surface area contributed by atoms with Crippen LogP contribution in [0.3, 0.4) is 0 Å². The monoisotopic (exact) mass is 442 g/mol. The van der Waals surface area contributed by atoms with Crippen LogP contribution in [0, 0.1) is 0 Å². The number of aryl methyl sites for hydroxylation is 1. The molecule has 0 radical (unpaired) electrons. The van der Waals surface area contributed by atoms with E-state index in [-0.39, 0.29) is 17.2 Å². The van der Waals surface area contributed by atoms with Crippen molar-refractivity contribution in [3.63, 3.8) is 0 Å². The Balaban J connectivity index is 1.36. The fourth-order valence-corrected chi connectivity index (χ4v) is 4.64. The van der Waals surface area contributed by atoms with E-state index in [1.165, 1.54) is 21.6 Å². The second kappa shape index (κ2) is 9.33. The van der Waals surface area contributed by atoms with Crippen molar-refractivity contribution in [2.75, 3.05) is 31.6 Å². The lowest BCUT2D eigenvalue weighted by molar-refractivity contribution is -0.116. The van der Waals surface area contributed by atoms with Crippen molar-refractivity contribution in [3.8, 4) is 5.82 Å². The molecule has 1 amide bonds. The lowest BCUT2D eigenvalue weighted by atomic mass is 10.1. The first-order valence-corrected chi connectivity index (χ1v) is 11.2. The van der Waals surface area contributed by atoms with E-state index in [1.807, 2.05) is 0 Å². The molecular weight excluding hydrogens is 420 g/mol. The highest BCUT2D eigenvalue weighted by Crippen LogP contribution is 2.19.